The van der Waals surface area contributed by atoms with E-state index in [9.17, 15) is 9.59 Å². The fourth-order valence-corrected chi connectivity index (χ4v) is 8.70. The fourth-order valence-electron chi connectivity index (χ4n) is 8.70. The Bertz CT molecular complexity index is 709. The van der Waals surface area contributed by atoms with Crippen LogP contribution in [0.5, 0.6) is 0 Å². The summed E-state index contributed by atoms with van der Waals surface area (Å²) in [7, 11) is 0. The number of carboxylic acids is 1. The van der Waals surface area contributed by atoms with Gasteiger partial charge in [0, 0.05) is 6.42 Å². The zero-order chi connectivity index (χ0) is 21.0. The number of ketones is 1. The Morgan fingerprint density at radius 1 is 1.10 bits per heavy atom. The molecule has 0 aromatic rings. The molecule has 0 aromatic carbocycles. The van der Waals surface area contributed by atoms with Crippen LogP contribution in [0.2, 0.25) is 0 Å². The predicted molar refractivity (Wildman–Crippen MR) is 115 cm³/mol. The summed E-state index contributed by atoms with van der Waals surface area (Å²) in [5.74, 6) is 3.96. The first-order chi connectivity index (χ1) is 13.7. The second kappa shape index (κ2) is 7.54. The molecular formula is C26H40O3. The van der Waals surface area contributed by atoms with E-state index in [1.807, 2.05) is 0 Å². The van der Waals surface area contributed by atoms with Gasteiger partial charge in [0.2, 0.25) is 0 Å². The van der Waals surface area contributed by atoms with Gasteiger partial charge >= 0.3 is 5.97 Å². The van der Waals surface area contributed by atoms with E-state index >= 15 is 0 Å². The molecule has 4 aliphatic rings. The summed E-state index contributed by atoms with van der Waals surface area (Å²) in [5.41, 5.74) is 1.85. The fraction of sp³-hybridized carbons (Fsp3) is 0.846. The Hall–Kier alpha value is -1.12. The molecule has 162 valence electrons. The maximum absolute atomic E-state index is 11.9. The molecule has 0 radical (unpaired) electrons. The minimum absolute atomic E-state index is 0.277. The van der Waals surface area contributed by atoms with Crippen molar-refractivity contribution in [1.82, 2.24) is 0 Å². The Morgan fingerprint density at radius 3 is 2.52 bits per heavy atom. The molecule has 0 spiro atoms. The highest BCUT2D eigenvalue weighted by molar-refractivity contribution is 5.93. The van der Waals surface area contributed by atoms with E-state index in [-0.39, 0.29) is 5.78 Å². The van der Waals surface area contributed by atoms with E-state index in [0.29, 0.717) is 35.0 Å². The van der Waals surface area contributed by atoms with Gasteiger partial charge in [-0.3, -0.25) is 9.59 Å². The Labute approximate surface area is 176 Å². The van der Waals surface area contributed by atoms with Crippen LogP contribution in [-0.2, 0) is 9.59 Å². The van der Waals surface area contributed by atoms with Gasteiger partial charge in [-0.15, -0.1) is 0 Å². The summed E-state index contributed by atoms with van der Waals surface area (Å²) >= 11 is 0. The van der Waals surface area contributed by atoms with Gasteiger partial charge in [0.15, 0.2) is 5.78 Å². The van der Waals surface area contributed by atoms with Crippen LogP contribution in [0.25, 0.3) is 0 Å². The van der Waals surface area contributed by atoms with Crippen molar-refractivity contribution in [2.24, 2.45) is 46.3 Å². The summed E-state index contributed by atoms with van der Waals surface area (Å²) in [5, 5.41) is 9.12. The summed E-state index contributed by atoms with van der Waals surface area (Å²) in [6.45, 7) is 9.12. The van der Waals surface area contributed by atoms with E-state index in [1.165, 1.54) is 38.5 Å². The third-order valence-electron chi connectivity index (χ3n) is 10.3. The van der Waals surface area contributed by atoms with E-state index in [1.54, 1.807) is 6.92 Å². The maximum atomic E-state index is 11.9. The number of hydrogen-bond acceptors (Lipinski definition) is 2. The molecule has 3 nitrogen and oxygen atoms in total. The van der Waals surface area contributed by atoms with Crippen LogP contribution in [0.3, 0.4) is 0 Å². The lowest BCUT2D eigenvalue weighted by atomic mass is 9.44. The van der Waals surface area contributed by atoms with Crippen molar-refractivity contribution in [1.29, 1.82) is 0 Å². The van der Waals surface area contributed by atoms with Gasteiger partial charge in [-0.1, -0.05) is 26.8 Å². The Balaban J connectivity index is 1.52. The molecule has 3 saturated carbocycles. The van der Waals surface area contributed by atoms with Crippen molar-refractivity contribution in [2.75, 3.05) is 0 Å². The van der Waals surface area contributed by atoms with Gasteiger partial charge in [0.05, 0.1) is 0 Å². The third kappa shape index (κ3) is 3.41. The number of aliphatic carboxylic acids is 1. The molecular weight excluding hydrogens is 360 g/mol. The monoisotopic (exact) mass is 400 g/mol. The second-order valence-corrected chi connectivity index (χ2v) is 11.5. The topological polar surface area (TPSA) is 54.4 Å². The van der Waals surface area contributed by atoms with Crippen LogP contribution in [0.4, 0.5) is 0 Å². The van der Waals surface area contributed by atoms with Gasteiger partial charge < -0.3 is 5.11 Å². The summed E-state index contributed by atoms with van der Waals surface area (Å²) in [4.78, 5) is 23.0. The number of allylic oxidation sites excluding steroid dienone is 2. The van der Waals surface area contributed by atoms with Gasteiger partial charge in [0.1, 0.15) is 0 Å². The zero-order valence-electron chi connectivity index (χ0n) is 18.9. The molecule has 0 saturated heterocycles. The molecule has 4 aliphatic carbocycles. The highest BCUT2D eigenvalue weighted by Crippen LogP contribution is 2.68. The summed E-state index contributed by atoms with van der Waals surface area (Å²) < 4.78 is 0. The first kappa shape index (κ1) is 21.1. The van der Waals surface area contributed by atoms with E-state index < -0.39 is 5.97 Å². The molecule has 4 rings (SSSR count). The first-order valence-corrected chi connectivity index (χ1v) is 12.1. The number of carbonyl (C=O) groups is 2. The number of carbonyl (C=O) groups excluding carboxylic acids is 1. The lowest BCUT2D eigenvalue weighted by molar-refractivity contribution is -0.137. The van der Waals surface area contributed by atoms with Crippen LogP contribution in [-0.4, -0.2) is 16.9 Å². The van der Waals surface area contributed by atoms with Gasteiger partial charge in [-0.25, -0.2) is 0 Å². The highest BCUT2D eigenvalue weighted by atomic mass is 16.4. The second-order valence-electron chi connectivity index (χ2n) is 11.5. The number of rotatable bonds is 5. The van der Waals surface area contributed by atoms with Crippen molar-refractivity contribution in [3.05, 3.63) is 11.6 Å². The average Bonchev–Trinajstić information content (AvgIpc) is 3.02. The predicted octanol–water partition coefficient (Wildman–Crippen LogP) is 6.27. The minimum Gasteiger partial charge on any atom is -0.481 e. The molecule has 0 aliphatic heterocycles. The zero-order valence-corrected chi connectivity index (χ0v) is 18.9. The van der Waals surface area contributed by atoms with E-state index in [4.69, 9.17) is 5.11 Å². The number of carboxylic acid groups (broad SMARTS) is 1. The van der Waals surface area contributed by atoms with Gasteiger partial charge in [-0.05, 0) is 117 Å². The van der Waals surface area contributed by atoms with Crippen molar-refractivity contribution in [3.8, 4) is 0 Å². The molecule has 29 heavy (non-hydrogen) atoms. The van der Waals surface area contributed by atoms with Crippen molar-refractivity contribution in [3.63, 3.8) is 0 Å². The molecule has 1 unspecified atom stereocenters. The third-order valence-corrected chi connectivity index (χ3v) is 10.3. The Morgan fingerprint density at radius 2 is 1.83 bits per heavy atom. The van der Waals surface area contributed by atoms with Crippen molar-refractivity contribution in [2.45, 2.75) is 91.9 Å². The largest absolute Gasteiger partial charge is 0.481 e. The van der Waals surface area contributed by atoms with Gasteiger partial charge in [0.25, 0.3) is 0 Å². The van der Waals surface area contributed by atoms with E-state index in [2.05, 4.69) is 26.8 Å². The van der Waals surface area contributed by atoms with Crippen molar-refractivity contribution >= 4 is 11.8 Å². The maximum Gasteiger partial charge on any atom is 0.303 e. The lowest BCUT2D eigenvalue weighted by Crippen LogP contribution is -2.53. The molecule has 0 amide bonds. The number of fused-ring (bicyclic) bond motifs is 5. The number of Topliss-reactive ketones (excluding diaryl/α,β-unsaturated/α-hetero) is 1. The van der Waals surface area contributed by atoms with Crippen LogP contribution in [0.1, 0.15) is 91.9 Å². The van der Waals surface area contributed by atoms with Crippen molar-refractivity contribution < 1.29 is 14.7 Å². The summed E-state index contributed by atoms with van der Waals surface area (Å²) in [6, 6.07) is 0. The smallest absolute Gasteiger partial charge is 0.303 e. The van der Waals surface area contributed by atoms with Gasteiger partial charge in [-0.2, -0.15) is 0 Å². The quantitative estimate of drug-likeness (QED) is 0.591. The SMILES string of the molecule is CC(=O)C1=CC[C@@]2(C)C(CC[C@H]3[C@@H]4CC[C@H]([C@H](C)CCC(=O)O)[C@@]4(C)CC[C@@H]32)C1. The Kier molecular flexibility index (Phi) is 5.49. The van der Waals surface area contributed by atoms with E-state index in [0.717, 1.165) is 42.6 Å². The first-order valence-electron chi connectivity index (χ1n) is 12.1. The highest BCUT2D eigenvalue weighted by Gasteiger charge is 2.60. The average molecular weight is 401 g/mol. The molecule has 1 N–H and O–H groups in total. The molecule has 0 aromatic heterocycles. The molecule has 3 fully saturated rings. The van der Waals surface area contributed by atoms with Crippen LogP contribution in [0.15, 0.2) is 11.6 Å². The molecule has 0 bridgehead atoms. The minimum atomic E-state index is -0.651. The number of hydrogen-bond donors (Lipinski definition) is 1. The van der Waals surface area contributed by atoms with Crippen LogP contribution >= 0.6 is 0 Å². The normalized spacial score (nSPS) is 44.8. The molecule has 8 atom stereocenters. The summed E-state index contributed by atoms with van der Waals surface area (Å²) in [6.07, 6.45) is 13.4. The van der Waals surface area contributed by atoms with Crippen LogP contribution in [0, 0.1) is 46.3 Å². The molecule has 0 heterocycles. The molecule has 3 heteroatoms. The van der Waals surface area contributed by atoms with Crippen LogP contribution < -0.4 is 0 Å². The lowest BCUT2D eigenvalue weighted by Gasteiger charge is -2.60. The standard InChI is InChI=1S/C26H40O3/c1-16(5-10-24(28)29)21-8-9-22-20-7-6-19-15-18(17(2)27)11-13-25(19,3)23(20)12-14-26(21,22)4/h11,16,19-23H,5-10,12-15H2,1-4H3,(H,28,29)/t16-,19?,20+,21-,22+,23+,25+,26-/m1/s1.